The van der Waals surface area contributed by atoms with Crippen molar-refractivity contribution in [3.05, 3.63) is 35.4 Å². The molecule has 1 aromatic carbocycles. The Morgan fingerprint density at radius 2 is 2.17 bits per heavy atom. The lowest BCUT2D eigenvalue weighted by Gasteiger charge is -2.33. The monoisotopic (exact) mass is 335 g/mol. The molecule has 1 N–H and O–H groups in total. The Morgan fingerprint density at radius 3 is 2.91 bits per heavy atom. The van der Waals surface area contributed by atoms with E-state index in [-0.39, 0.29) is 5.75 Å². The number of rotatable bonds is 7. The average Bonchev–Trinajstić information content (AvgIpc) is 2.54. The maximum absolute atomic E-state index is 11.8. The van der Waals surface area contributed by atoms with Crippen molar-refractivity contribution in [1.29, 1.82) is 5.26 Å². The van der Waals surface area contributed by atoms with Gasteiger partial charge in [-0.2, -0.15) is 5.26 Å². The van der Waals surface area contributed by atoms with Crippen LogP contribution in [-0.4, -0.2) is 38.7 Å². The summed E-state index contributed by atoms with van der Waals surface area (Å²) in [6.45, 7) is 5.00. The molecule has 1 atom stereocenters. The van der Waals surface area contributed by atoms with E-state index in [1.54, 1.807) is 0 Å². The fraction of sp³-hybridized carbons (Fsp3) is 0.588. The van der Waals surface area contributed by atoms with Crippen LogP contribution in [0, 0.1) is 17.2 Å². The van der Waals surface area contributed by atoms with Gasteiger partial charge < -0.3 is 0 Å². The van der Waals surface area contributed by atoms with E-state index < -0.39 is 10.0 Å². The third-order valence-electron chi connectivity index (χ3n) is 4.20. The van der Waals surface area contributed by atoms with Gasteiger partial charge in [0.1, 0.15) is 0 Å². The average molecular weight is 335 g/mol. The van der Waals surface area contributed by atoms with E-state index in [0.717, 1.165) is 43.6 Å². The summed E-state index contributed by atoms with van der Waals surface area (Å²) in [6.07, 6.45) is 2.75. The minimum Gasteiger partial charge on any atom is -0.299 e. The van der Waals surface area contributed by atoms with Crippen LogP contribution in [-0.2, 0) is 16.6 Å². The largest absolute Gasteiger partial charge is 0.299 e. The first kappa shape index (κ1) is 17.9. The van der Waals surface area contributed by atoms with Gasteiger partial charge in [0.05, 0.1) is 17.4 Å². The second kappa shape index (κ2) is 8.44. The smallest absolute Gasteiger partial charge is 0.211 e. The van der Waals surface area contributed by atoms with E-state index in [1.807, 2.05) is 31.2 Å². The summed E-state index contributed by atoms with van der Waals surface area (Å²) in [7, 11) is -3.13. The molecule has 1 aliphatic rings. The number of likely N-dealkylation sites (tertiary alicyclic amines) is 1. The second-order valence-corrected chi connectivity index (χ2v) is 8.11. The molecule has 0 aliphatic carbocycles. The SMILES string of the molecule is CCCS(=O)(=O)NC[C@@H]1CCCN(Cc2ccccc2C#N)C1. The van der Waals surface area contributed by atoms with Crippen molar-refractivity contribution in [2.75, 3.05) is 25.4 Å². The molecule has 1 heterocycles. The Kier molecular flexibility index (Phi) is 6.58. The molecule has 6 heteroatoms. The number of hydrogen-bond acceptors (Lipinski definition) is 4. The third-order valence-corrected chi connectivity index (χ3v) is 5.75. The van der Waals surface area contributed by atoms with Gasteiger partial charge in [0.15, 0.2) is 0 Å². The molecule has 0 spiro atoms. The maximum atomic E-state index is 11.8. The lowest BCUT2D eigenvalue weighted by Crippen LogP contribution is -2.41. The Bertz CT molecular complexity index is 652. The molecule has 23 heavy (non-hydrogen) atoms. The van der Waals surface area contributed by atoms with E-state index >= 15 is 0 Å². The summed E-state index contributed by atoms with van der Waals surface area (Å²) in [4.78, 5) is 2.32. The zero-order valence-corrected chi connectivity index (χ0v) is 14.5. The minimum absolute atomic E-state index is 0.193. The molecule has 1 saturated heterocycles. The molecule has 1 aromatic rings. The summed E-state index contributed by atoms with van der Waals surface area (Å²) >= 11 is 0. The maximum Gasteiger partial charge on any atom is 0.211 e. The van der Waals surface area contributed by atoms with Crippen LogP contribution in [0.3, 0.4) is 0 Å². The fourth-order valence-corrected chi connectivity index (χ4v) is 4.23. The highest BCUT2D eigenvalue weighted by Crippen LogP contribution is 2.19. The summed E-state index contributed by atoms with van der Waals surface area (Å²) in [5, 5.41) is 9.18. The number of piperidine rings is 1. The predicted molar refractivity (Wildman–Crippen MR) is 91.2 cm³/mol. The molecule has 5 nitrogen and oxygen atoms in total. The molecule has 126 valence electrons. The standard InChI is InChI=1S/C17H25N3O2S/c1-2-10-23(21,22)19-12-15-6-5-9-20(13-15)14-17-8-4-3-7-16(17)11-18/h3-4,7-8,15,19H,2,5-6,9-10,12-14H2,1H3/t15-/m0/s1. The number of nitriles is 1. The van der Waals surface area contributed by atoms with E-state index in [9.17, 15) is 13.7 Å². The lowest BCUT2D eigenvalue weighted by atomic mass is 9.97. The Balaban J connectivity index is 1.90. The molecular weight excluding hydrogens is 310 g/mol. The van der Waals surface area contributed by atoms with Crippen molar-refractivity contribution in [2.45, 2.75) is 32.7 Å². The van der Waals surface area contributed by atoms with Crippen LogP contribution in [0.15, 0.2) is 24.3 Å². The van der Waals surface area contributed by atoms with Gasteiger partial charge in [0.25, 0.3) is 0 Å². The first-order chi connectivity index (χ1) is 11.0. The van der Waals surface area contributed by atoms with Gasteiger partial charge in [-0.25, -0.2) is 13.1 Å². The van der Waals surface area contributed by atoms with Crippen LogP contribution in [0.25, 0.3) is 0 Å². The summed E-state index contributed by atoms with van der Waals surface area (Å²) in [5.41, 5.74) is 1.76. The van der Waals surface area contributed by atoms with Gasteiger partial charge in [-0.1, -0.05) is 25.1 Å². The first-order valence-electron chi connectivity index (χ1n) is 8.21. The first-order valence-corrected chi connectivity index (χ1v) is 9.87. The van der Waals surface area contributed by atoms with Crippen molar-refractivity contribution >= 4 is 10.0 Å². The number of nitrogens with zero attached hydrogens (tertiary/aromatic N) is 2. The summed E-state index contributed by atoms with van der Waals surface area (Å²) in [5.74, 6) is 0.531. The molecule has 0 bridgehead atoms. The van der Waals surface area contributed by atoms with Crippen molar-refractivity contribution < 1.29 is 8.42 Å². The lowest BCUT2D eigenvalue weighted by molar-refractivity contribution is 0.169. The van der Waals surface area contributed by atoms with Crippen molar-refractivity contribution in [1.82, 2.24) is 9.62 Å². The van der Waals surface area contributed by atoms with Crippen LogP contribution >= 0.6 is 0 Å². The molecule has 0 aromatic heterocycles. The zero-order valence-electron chi connectivity index (χ0n) is 13.7. The van der Waals surface area contributed by atoms with Gasteiger partial charge in [-0.05, 0) is 43.4 Å². The highest BCUT2D eigenvalue weighted by atomic mass is 32.2. The molecule has 0 saturated carbocycles. The minimum atomic E-state index is -3.13. The summed E-state index contributed by atoms with van der Waals surface area (Å²) in [6, 6.07) is 9.91. The number of sulfonamides is 1. The van der Waals surface area contributed by atoms with Crippen molar-refractivity contribution in [3.8, 4) is 6.07 Å². The van der Waals surface area contributed by atoms with Crippen molar-refractivity contribution in [3.63, 3.8) is 0 Å². The van der Waals surface area contributed by atoms with Crippen LogP contribution in [0.5, 0.6) is 0 Å². The third kappa shape index (κ3) is 5.61. The van der Waals surface area contributed by atoms with E-state index in [0.29, 0.717) is 18.9 Å². The second-order valence-electron chi connectivity index (χ2n) is 6.18. The molecule has 0 unspecified atom stereocenters. The van der Waals surface area contributed by atoms with Crippen LogP contribution in [0.1, 0.15) is 37.3 Å². The number of hydrogen-bond donors (Lipinski definition) is 1. The highest BCUT2D eigenvalue weighted by Gasteiger charge is 2.22. The topological polar surface area (TPSA) is 73.2 Å². The van der Waals surface area contributed by atoms with Crippen LogP contribution in [0.2, 0.25) is 0 Å². The van der Waals surface area contributed by atoms with E-state index in [2.05, 4.69) is 15.7 Å². The summed E-state index contributed by atoms with van der Waals surface area (Å²) < 4.78 is 26.3. The van der Waals surface area contributed by atoms with Gasteiger partial charge in [0, 0.05) is 19.6 Å². The Hall–Kier alpha value is -1.42. The van der Waals surface area contributed by atoms with Gasteiger partial charge in [-0.15, -0.1) is 0 Å². The molecule has 2 rings (SSSR count). The highest BCUT2D eigenvalue weighted by molar-refractivity contribution is 7.89. The molecule has 0 radical (unpaired) electrons. The van der Waals surface area contributed by atoms with Crippen LogP contribution < -0.4 is 4.72 Å². The Labute approximate surface area is 139 Å². The van der Waals surface area contributed by atoms with E-state index in [1.165, 1.54) is 0 Å². The molecular formula is C17H25N3O2S. The predicted octanol–water partition coefficient (Wildman–Crippen LogP) is 2.10. The molecule has 0 amide bonds. The van der Waals surface area contributed by atoms with Crippen LogP contribution in [0.4, 0.5) is 0 Å². The normalized spacial score (nSPS) is 19.4. The van der Waals surface area contributed by atoms with E-state index in [4.69, 9.17) is 0 Å². The molecule has 1 fully saturated rings. The van der Waals surface area contributed by atoms with Gasteiger partial charge >= 0.3 is 0 Å². The van der Waals surface area contributed by atoms with Gasteiger partial charge in [0.2, 0.25) is 10.0 Å². The quantitative estimate of drug-likeness (QED) is 0.828. The zero-order chi connectivity index (χ0) is 16.7. The number of benzene rings is 1. The fourth-order valence-electron chi connectivity index (χ4n) is 3.06. The molecule has 1 aliphatic heterocycles. The Morgan fingerprint density at radius 1 is 1.39 bits per heavy atom. The number of nitrogens with one attached hydrogen (secondary N) is 1. The van der Waals surface area contributed by atoms with Crippen molar-refractivity contribution in [2.24, 2.45) is 5.92 Å². The van der Waals surface area contributed by atoms with Gasteiger partial charge in [-0.3, -0.25) is 4.90 Å².